The van der Waals surface area contributed by atoms with Crippen molar-refractivity contribution >= 4 is 22.5 Å². The first kappa shape index (κ1) is 35.9. The van der Waals surface area contributed by atoms with E-state index in [4.69, 9.17) is 39.1 Å². The summed E-state index contributed by atoms with van der Waals surface area (Å²) in [7, 11) is -3.43. The van der Waals surface area contributed by atoms with E-state index in [9.17, 15) is 4.79 Å². The van der Waals surface area contributed by atoms with Gasteiger partial charge in [-0.15, -0.1) is 0 Å². The molecule has 0 radical (unpaired) electrons. The van der Waals surface area contributed by atoms with Crippen LogP contribution in [0.3, 0.4) is 0 Å². The SMILES string of the molecule is C[Si](C)(CCCN)O[Si](C)(C)CCCC(=O)NCCOCCOCCOCCOCCOCCN=[N+]=[N-]. The van der Waals surface area contributed by atoms with E-state index >= 15 is 0 Å². The van der Waals surface area contributed by atoms with Gasteiger partial charge in [0, 0.05) is 24.4 Å². The first-order valence-corrected chi connectivity index (χ1v) is 19.5. The second-order valence-electron chi connectivity index (χ2n) is 9.73. The summed E-state index contributed by atoms with van der Waals surface area (Å²) in [5.74, 6) is 0.0586. The molecule has 0 fully saturated rings. The number of rotatable bonds is 27. The molecule has 0 saturated carbocycles. The minimum Gasteiger partial charge on any atom is -0.455 e. The van der Waals surface area contributed by atoms with Crippen molar-refractivity contribution in [3.8, 4) is 0 Å². The molecule has 14 heteroatoms. The Balaban J connectivity index is 3.45. The lowest BCUT2D eigenvalue weighted by Crippen LogP contribution is -2.44. The molecule has 0 aliphatic carbocycles. The number of azide groups is 1. The number of carbonyl (C=O) groups excluding carboxylic acids is 1. The second kappa shape index (κ2) is 24.0. The number of nitrogens with one attached hydrogen (secondary N) is 1. The van der Waals surface area contributed by atoms with Crippen LogP contribution in [-0.4, -0.2) is 108 Å². The Morgan fingerprint density at radius 1 is 0.784 bits per heavy atom. The number of amides is 1. The van der Waals surface area contributed by atoms with Crippen LogP contribution >= 0.6 is 0 Å². The van der Waals surface area contributed by atoms with Crippen molar-refractivity contribution in [2.75, 3.05) is 85.7 Å². The van der Waals surface area contributed by atoms with Gasteiger partial charge in [-0.25, -0.2) is 0 Å². The third-order valence-electron chi connectivity index (χ3n) is 5.17. The third-order valence-corrected chi connectivity index (χ3v) is 12.7. The van der Waals surface area contributed by atoms with E-state index in [1.54, 1.807) is 0 Å². The monoisotopic (exact) mass is 565 g/mol. The summed E-state index contributed by atoms with van der Waals surface area (Å²) in [6.07, 6.45) is 2.39. The van der Waals surface area contributed by atoms with Gasteiger partial charge in [0.2, 0.25) is 5.91 Å². The molecule has 0 aromatic carbocycles. The zero-order chi connectivity index (χ0) is 27.7. The third kappa shape index (κ3) is 26.3. The highest BCUT2D eigenvalue weighted by atomic mass is 28.4. The van der Waals surface area contributed by atoms with Gasteiger partial charge in [0.05, 0.1) is 66.1 Å². The topological polar surface area (TPSA) is 159 Å². The highest BCUT2D eigenvalue weighted by molar-refractivity contribution is 6.84. The molecule has 0 bridgehead atoms. The molecule has 0 spiro atoms. The molecular weight excluding hydrogens is 514 g/mol. The molecule has 0 rings (SSSR count). The van der Waals surface area contributed by atoms with Gasteiger partial charge in [0.1, 0.15) is 0 Å². The summed E-state index contributed by atoms with van der Waals surface area (Å²) in [6.45, 7) is 15.2. The summed E-state index contributed by atoms with van der Waals surface area (Å²) in [6, 6.07) is 2.08. The molecule has 1 amide bonds. The van der Waals surface area contributed by atoms with E-state index in [0.29, 0.717) is 92.1 Å². The van der Waals surface area contributed by atoms with Crippen LogP contribution in [-0.2, 0) is 32.6 Å². The summed E-state index contributed by atoms with van der Waals surface area (Å²) < 4.78 is 33.5. The number of nitrogens with two attached hydrogens (primary N) is 1. The average Bonchev–Trinajstić information content (AvgIpc) is 2.83. The molecule has 0 unspecified atom stereocenters. The fourth-order valence-corrected chi connectivity index (χ4v) is 12.4. The van der Waals surface area contributed by atoms with Crippen LogP contribution in [0.4, 0.5) is 0 Å². The van der Waals surface area contributed by atoms with Crippen molar-refractivity contribution in [3.63, 3.8) is 0 Å². The first-order chi connectivity index (χ1) is 17.7. The van der Waals surface area contributed by atoms with Crippen molar-refractivity contribution in [2.24, 2.45) is 10.8 Å². The number of carbonyl (C=O) groups is 1. The van der Waals surface area contributed by atoms with Crippen molar-refractivity contribution in [1.82, 2.24) is 5.32 Å². The maximum absolute atomic E-state index is 12.1. The van der Waals surface area contributed by atoms with Crippen LogP contribution in [0, 0.1) is 0 Å². The smallest absolute Gasteiger partial charge is 0.220 e. The Morgan fingerprint density at radius 2 is 1.24 bits per heavy atom. The van der Waals surface area contributed by atoms with Gasteiger partial charge in [-0.05, 0) is 63.2 Å². The zero-order valence-corrected chi connectivity index (χ0v) is 25.5. The second-order valence-corrected chi connectivity index (χ2v) is 18.6. The Kier molecular flexibility index (Phi) is 23.3. The lowest BCUT2D eigenvalue weighted by Gasteiger charge is -2.34. The van der Waals surface area contributed by atoms with E-state index in [1.165, 1.54) is 0 Å². The van der Waals surface area contributed by atoms with Gasteiger partial charge >= 0.3 is 0 Å². The van der Waals surface area contributed by atoms with Crippen LogP contribution in [0.2, 0.25) is 38.3 Å². The zero-order valence-electron chi connectivity index (χ0n) is 23.5. The standard InChI is InChI=1S/C23H51N5O7Si2/c1-36(2,35-37(3,4)22-6-8-24)21-5-7-23(29)26-9-11-30-13-15-32-17-19-34-20-18-33-16-14-31-12-10-27-28-25/h5-22,24H2,1-4H3,(H,26,29). The fourth-order valence-electron chi connectivity index (χ4n) is 3.54. The summed E-state index contributed by atoms with van der Waals surface area (Å²) in [5, 5.41) is 6.28. The van der Waals surface area contributed by atoms with Crippen molar-refractivity contribution in [1.29, 1.82) is 0 Å². The highest BCUT2D eigenvalue weighted by Gasteiger charge is 2.32. The van der Waals surface area contributed by atoms with Crippen LogP contribution in [0.5, 0.6) is 0 Å². The molecule has 0 saturated heterocycles. The predicted octanol–water partition coefficient (Wildman–Crippen LogP) is 3.05. The number of hydrogen-bond acceptors (Lipinski definition) is 9. The first-order valence-electron chi connectivity index (χ1n) is 13.3. The van der Waals surface area contributed by atoms with Gasteiger partial charge in [0.25, 0.3) is 0 Å². The average molecular weight is 566 g/mol. The molecule has 0 aromatic rings. The molecule has 37 heavy (non-hydrogen) atoms. The maximum Gasteiger partial charge on any atom is 0.220 e. The van der Waals surface area contributed by atoms with Crippen LogP contribution < -0.4 is 11.1 Å². The number of ether oxygens (including phenoxy) is 5. The van der Waals surface area contributed by atoms with E-state index in [1.807, 2.05) is 0 Å². The van der Waals surface area contributed by atoms with Crippen molar-refractivity contribution in [2.45, 2.75) is 57.5 Å². The lowest BCUT2D eigenvalue weighted by molar-refractivity contribution is -0.121. The molecule has 0 aliphatic rings. The van der Waals surface area contributed by atoms with Gasteiger partial charge < -0.3 is 38.8 Å². The van der Waals surface area contributed by atoms with Gasteiger partial charge in [-0.1, -0.05) is 5.11 Å². The van der Waals surface area contributed by atoms with Crippen LogP contribution in [0.25, 0.3) is 10.4 Å². The molecule has 0 aromatic heterocycles. The quantitative estimate of drug-likeness (QED) is 0.0505. The largest absolute Gasteiger partial charge is 0.455 e. The molecule has 0 atom stereocenters. The number of nitrogens with zero attached hydrogens (tertiary/aromatic N) is 3. The molecule has 218 valence electrons. The van der Waals surface area contributed by atoms with Gasteiger partial charge in [-0.3, -0.25) is 4.79 Å². The van der Waals surface area contributed by atoms with Crippen LogP contribution in [0.1, 0.15) is 19.3 Å². The summed E-state index contributed by atoms with van der Waals surface area (Å²) >= 11 is 0. The predicted molar refractivity (Wildman–Crippen MR) is 150 cm³/mol. The summed E-state index contributed by atoms with van der Waals surface area (Å²) in [4.78, 5) is 14.7. The van der Waals surface area contributed by atoms with Crippen LogP contribution in [0.15, 0.2) is 5.11 Å². The molecule has 0 heterocycles. The number of hydrogen-bond donors (Lipinski definition) is 2. The van der Waals surface area contributed by atoms with Gasteiger partial charge in [0.15, 0.2) is 16.6 Å². The minimum atomic E-state index is -1.76. The Labute approximate surface area is 225 Å². The highest BCUT2D eigenvalue weighted by Crippen LogP contribution is 2.24. The van der Waals surface area contributed by atoms with Gasteiger partial charge in [-0.2, -0.15) is 0 Å². The van der Waals surface area contributed by atoms with E-state index in [-0.39, 0.29) is 5.91 Å². The fraction of sp³-hybridized carbons (Fsp3) is 0.957. The van der Waals surface area contributed by atoms with E-state index < -0.39 is 16.6 Å². The van der Waals surface area contributed by atoms with Crippen molar-refractivity contribution < 1.29 is 32.6 Å². The molecule has 3 N–H and O–H groups in total. The minimum absolute atomic E-state index is 0.0586. The Bertz CT molecular complexity index is 612. The Hall–Kier alpha value is -1.07. The molecule has 0 aliphatic heterocycles. The molecular formula is C23H51N5O7Si2. The lowest BCUT2D eigenvalue weighted by atomic mass is 10.3. The molecule has 12 nitrogen and oxygen atoms in total. The summed E-state index contributed by atoms with van der Waals surface area (Å²) in [5.41, 5.74) is 13.8. The normalized spacial score (nSPS) is 11.9. The van der Waals surface area contributed by atoms with E-state index in [2.05, 4.69) is 41.5 Å². The van der Waals surface area contributed by atoms with E-state index in [0.717, 1.165) is 24.9 Å². The van der Waals surface area contributed by atoms with Crippen molar-refractivity contribution in [3.05, 3.63) is 10.4 Å². The maximum atomic E-state index is 12.1. The Morgan fingerprint density at radius 3 is 1.73 bits per heavy atom.